The molecule has 0 aliphatic carbocycles. The summed E-state index contributed by atoms with van der Waals surface area (Å²) < 4.78 is 17.6. The largest absolute Gasteiger partial charge is 0.490 e. The minimum atomic E-state index is -0.957. The highest BCUT2D eigenvalue weighted by Gasteiger charge is 2.42. The van der Waals surface area contributed by atoms with E-state index < -0.39 is 12.0 Å². The van der Waals surface area contributed by atoms with Crippen molar-refractivity contribution in [3.8, 4) is 11.5 Å². The molecule has 3 aromatic rings. The van der Waals surface area contributed by atoms with Crippen LogP contribution in [0.5, 0.6) is 11.5 Å². The average molecular weight is 590 g/mol. The Bertz CT molecular complexity index is 1430. The van der Waals surface area contributed by atoms with Crippen LogP contribution < -0.4 is 9.47 Å². The minimum absolute atomic E-state index is 0.0902. The molecule has 41 heavy (non-hydrogen) atoms. The zero-order chi connectivity index (χ0) is 29.6. The van der Waals surface area contributed by atoms with Crippen molar-refractivity contribution in [3.05, 3.63) is 100.0 Å². The monoisotopic (exact) mass is 589 g/mol. The van der Waals surface area contributed by atoms with E-state index in [9.17, 15) is 9.59 Å². The molecule has 1 amide bonds. The number of ether oxygens (including phenoxy) is 3. The SMILES string of the molecule is CCOC(=O)C(c1ccccc1)N1C(=O)/C(=C\c2ccc(OCc3ccc(C(C)(C)C)cc3)c(OCC)c2)SC1=S. The number of thiocarbonyl (C=S) groups is 1. The molecule has 1 unspecified atom stereocenters. The van der Waals surface area contributed by atoms with E-state index >= 15 is 0 Å². The average Bonchev–Trinajstić information content (AvgIpc) is 3.21. The lowest BCUT2D eigenvalue weighted by molar-refractivity contribution is -0.151. The van der Waals surface area contributed by atoms with Gasteiger partial charge in [0, 0.05) is 0 Å². The van der Waals surface area contributed by atoms with Crippen molar-refractivity contribution in [1.29, 1.82) is 0 Å². The number of carbonyl (C=O) groups is 2. The molecule has 0 N–H and O–H groups in total. The Hall–Kier alpha value is -3.62. The van der Waals surface area contributed by atoms with Crippen molar-refractivity contribution >= 4 is 46.3 Å². The van der Waals surface area contributed by atoms with Gasteiger partial charge >= 0.3 is 5.97 Å². The van der Waals surface area contributed by atoms with Crippen LogP contribution in [-0.2, 0) is 26.3 Å². The van der Waals surface area contributed by atoms with Gasteiger partial charge in [0.05, 0.1) is 18.1 Å². The molecule has 1 fully saturated rings. The van der Waals surface area contributed by atoms with Crippen LogP contribution in [0.25, 0.3) is 6.08 Å². The maximum absolute atomic E-state index is 13.6. The number of rotatable bonds is 10. The molecule has 0 spiro atoms. The van der Waals surface area contributed by atoms with E-state index in [1.54, 1.807) is 25.1 Å². The molecule has 1 saturated heterocycles. The highest BCUT2D eigenvalue weighted by molar-refractivity contribution is 8.26. The number of carbonyl (C=O) groups excluding carboxylic acids is 2. The summed E-state index contributed by atoms with van der Waals surface area (Å²) in [5.41, 5.74) is 3.80. The molecule has 1 aliphatic heterocycles. The van der Waals surface area contributed by atoms with Crippen LogP contribution in [0, 0.1) is 0 Å². The molecule has 1 aliphatic rings. The number of esters is 1. The summed E-state index contributed by atoms with van der Waals surface area (Å²) in [6.07, 6.45) is 1.75. The van der Waals surface area contributed by atoms with Crippen LogP contribution in [0.4, 0.5) is 0 Å². The Labute approximate surface area is 251 Å². The summed E-state index contributed by atoms with van der Waals surface area (Å²) in [4.78, 5) is 28.2. The Balaban J connectivity index is 1.55. The molecule has 0 saturated carbocycles. The van der Waals surface area contributed by atoms with Gasteiger partial charge in [-0.15, -0.1) is 0 Å². The van der Waals surface area contributed by atoms with Crippen molar-refractivity contribution in [1.82, 2.24) is 4.90 Å². The van der Waals surface area contributed by atoms with Gasteiger partial charge in [-0.3, -0.25) is 9.69 Å². The highest BCUT2D eigenvalue weighted by Crippen LogP contribution is 2.39. The highest BCUT2D eigenvalue weighted by atomic mass is 32.2. The first-order valence-electron chi connectivity index (χ1n) is 13.6. The van der Waals surface area contributed by atoms with Crippen LogP contribution in [0.1, 0.15) is 62.9 Å². The van der Waals surface area contributed by atoms with E-state index in [0.717, 1.165) is 22.9 Å². The topological polar surface area (TPSA) is 65.1 Å². The number of benzene rings is 3. The summed E-state index contributed by atoms with van der Waals surface area (Å²) in [6.45, 7) is 11.3. The van der Waals surface area contributed by atoms with Crippen LogP contribution in [-0.4, -0.2) is 34.3 Å². The summed E-state index contributed by atoms with van der Waals surface area (Å²) >= 11 is 6.72. The number of thioether (sulfide) groups is 1. The molecular formula is C33H35NO5S2. The van der Waals surface area contributed by atoms with Gasteiger partial charge < -0.3 is 14.2 Å². The Morgan fingerprint density at radius 1 is 0.951 bits per heavy atom. The van der Waals surface area contributed by atoms with Gasteiger partial charge in [0.1, 0.15) is 10.9 Å². The fourth-order valence-corrected chi connectivity index (χ4v) is 5.68. The molecule has 214 valence electrons. The molecule has 3 aromatic carbocycles. The zero-order valence-electron chi connectivity index (χ0n) is 24.0. The third kappa shape index (κ3) is 7.37. The first-order valence-corrected chi connectivity index (χ1v) is 14.8. The number of amides is 1. The number of hydrogen-bond donors (Lipinski definition) is 0. The first kappa shape index (κ1) is 30.3. The lowest BCUT2D eigenvalue weighted by atomic mass is 9.87. The lowest BCUT2D eigenvalue weighted by Gasteiger charge is -2.25. The van der Waals surface area contributed by atoms with Gasteiger partial charge in [0.2, 0.25) is 0 Å². The molecule has 4 rings (SSSR count). The van der Waals surface area contributed by atoms with E-state index in [4.69, 9.17) is 26.4 Å². The molecule has 1 atom stereocenters. The van der Waals surface area contributed by atoms with Crippen LogP contribution in [0.15, 0.2) is 77.7 Å². The second-order valence-electron chi connectivity index (χ2n) is 10.5. The smallest absolute Gasteiger partial charge is 0.333 e. The molecular weight excluding hydrogens is 554 g/mol. The Morgan fingerprint density at radius 2 is 1.66 bits per heavy atom. The van der Waals surface area contributed by atoms with E-state index in [1.165, 1.54) is 10.5 Å². The minimum Gasteiger partial charge on any atom is -0.490 e. The first-order chi connectivity index (χ1) is 19.6. The van der Waals surface area contributed by atoms with Crippen LogP contribution >= 0.6 is 24.0 Å². The third-order valence-electron chi connectivity index (χ3n) is 6.49. The lowest BCUT2D eigenvalue weighted by Crippen LogP contribution is -2.38. The predicted molar refractivity (Wildman–Crippen MR) is 168 cm³/mol. The number of nitrogens with zero attached hydrogens (tertiary/aromatic N) is 1. The molecule has 0 aromatic heterocycles. The summed E-state index contributed by atoms with van der Waals surface area (Å²) in [5.74, 6) is 0.322. The predicted octanol–water partition coefficient (Wildman–Crippen LogP) is 7.47. The second-order valence-corrected chi connectivity index (χ2v) is 12.2. The van der Waals surface area contributed by atoms with Crippen molar-refractivity contribution in [2.24, 2.45) is 0 Å². The summed E-state index contributed by atoms with van der Waals surface area (Å²) in [5, 5.41) is 0. The molecule has 0 radical (unpaired) electrons. The van der Waals surface area contributed by atoms with E-state index in [2.05, 4.69) is 45.0 Å². The second kappa shape index (κ2) is 13.4. The van der Waals surface area contributed by atoms with Gasteiger partial charge in [0.15, 0.2) is 17.5 Å². The fraction of sp³-hybridized carbons (Fsp3) is 0.303. The quantitative estimate of drug-likeness (QED) is 0.138. The van der Waals surface area contributed by atoms with Gasteiger partial charge in [0.25, 0.3) is 5.91 Å². The molecule has 6 nitrogen and oxygen atoms in total. The maximum Gasteiger partial charge on any atom is 0.333 e. The van der Waals surface area contributed by atoms with Gasteiger partial charge in [-0.25, -0.2) is 4.79 Å². The van der Waals surface area contributed by atoms with Gasteiger partial charge in [-0.1, -0.05) is 105 Å². The fourth-order valence-electron chi connectivity index (χ4n) is 4.36. The van der Waals surface area contributed by atoms with Crippen molar-refractivity contribution in [2.75, 3.05) is 13.2 Å². The van der Waals surface area contributed by atoms with Crippen LogP contribution in [0.3, 0.4) is 0 Å². The van der Waals surface area contributed by atoms with Crippen molar-refractivity contribution < 1.29 is 23.8 Å². The normalized spacial score (nSPS) is 15.2. The van der Waals surface area contributed by atoms with Gasteiger partial charge in [-0.2, -0.15) is 0 Å². The van der Waals surface area contributed by atoms with E-state index in [-0.39, 0.29) is 17.9 Å². The Kier molecular flexibility index (Phi) is 9.89. The standard InChI is InChI=1S/C33H35NO5S2/c1-6-37-27-19-23(15-18-26(27)39-21-22-13-16-25(17-14-22)33(3,4)5)20-28-30(35)34(32(40)41-28)29(31(36)38-7-2)24-11-9-8-10-12-24/h8-20,29H,6-7,21H2,1-5H3/b28-20+. The van der Waals surface area contributed by atoms with Crippen LogP contribution in [0.2, 0.25) is 0 Å². The van der Waals surface area contributed by atoms with E-state index in [1.807, 2.05) is 43.3 Å². The number of hydrogen-bond acceptors (Lipinski definition) is 7. The zero-order valence-corrected chi connectivity index (χ0v) is 25.6. The summed E-state index contributed by atoms with van der Waals surface area (Å²) in [6, 6.07) is 22.1. The van der Waals surface area contributed by atoms with Gasteiger partial charge in [-0.05, 0) is 59.7 Å². The van der Waals surface area contributed by atoms with E-state index in [0.29, 0.717) is 39.5 Å². The summed E-state index contributed by atoms with van der Waals surface area (Å²) in [7, 11) is 0. The Morgan fingerprint density at radius 3 is 2.29 bits per heavy atom. The van der Waals surface area contributed by atoms with Crippen molar-refractivity contribution in [2.45, 2.75) is 52.7 Å². The van der Waals surface area contributed by atoms with Crippen molar-refractivity contribution in [3.63, 3.8) is 0 Å². The molecule has 0 bridgehead atoms. The molecule has 8 heteroatoms. The molecule has 1 heterocycles. The maximum atomic E-state index is 13.6. The third-order valence-corrected chi connectivity index (χ3v) is 7.82.